The molecule has 4 nitrogen and oxygen atoms in total. The SMILES string of the molecule is CCCS(=O)(=O)c1ccccc1OC1CCNC1. The molecule has 1 aliphatic rings. The summed E-state index contributed by atoms with van der Waals surface area (Å²) in [4.78, 5) is 0.318. The molecule has 1 saturated heterocycles. The number of nitrogens with one attached hydrogen (secondary N) is 1. The monoisotopic (exact) mass is 269 g/mol. The molecule has 1 atom stereocenters. The summed E-state index contributed by atoms with van der Waals surface area (Å²) in [6, 6.07) is 6.91. The predicted molar refractivity (Wildman–Crippen MR) is 70.7 cm³/mol. The Kier molecular flexibility index (Phi) is 4.24. The van der Waals surface area contributed by atoms with E-state index in [0.717, 1.165) is 19.5 Å². The van der Waals surface area contributed by atoms with Crippen molar-refractivity contribution in [1.29, 1.82) is 0 Å². The lowest BCUT2D eigenvalue weighted by Gasteiger charge is -2.15. The average Bonchev–Trinajstić information content (AvgIpc) is 2.82. The van der Waals surface area contributed by atoms with Gasteiger partial charge in [0.05, 0.1) is 5.75 Å². The van der Waals surface area contributed by atoms with Gasteiger partial charge in [0, 0.05) is 6.54 Å². The Morgan fingerprint density at radius 2 is 2.17 bits per heavy atom. The molecule has 1 aliphatic heterocycles. The summed E-state index contributed by atoms with van der Waals surface area (Å²) in [5.41, 5.74) is 0. The second kappa shape index (κ2) is 5.71. The number of rotatable bonds is 5. The van der Waals surface area contributed by atoms with Crippen LogP contribution in [0.15, 0.2) is 29.2 Å². The van der Waals surface area contributed by atoms with Crippen LogP contribution >= 0.6 is 0 Å². The molecule has 1 heterocycles. The predicted octanol–water partition coefficient (Wildman–Crippen LogP) is 1.61. The summed E-state index contributed by atoms with van der Waals surface area (Å²) in [6.07, 6.45) is 1.60. The zero-order chi connectivity index (χ0) is 13.0. The third-order valence-electron chi connectivity index (χ3n) is 2.97. The highest BCUT2D eigenvalue weighted by Crippen LogP contribution is 2.26. The van der Waals surface area contributed by atoms with Crippen molar-refractivity contribution in [2.24, 2.45) is 0 Å². The lowest BCUT2D eigenvalue weighted by atomic mass is 10.3. The van der Waals surface area contributed by atoms with Gasteiger partial charge in [0.25, 0.3) is 0 Å². The highest BCUT2D eigenvalue weighted by molar-refractivity contribution is 7.91. The minimum atomic E-state index is -3.23. The van der Waals surface area contributed by atoms with Crippen molar-refractivity contribution in [2.75, 3.05) is 18.8 Å². The van der Waals surface area contributed by atoms with Gasteiger partial charge in [-0.05, 0) is 31.5 Å². The lowest BCUT2D eigenvalue weighted by molar-refractivity contribution is 0.217. The number of benzene rings is 1. The molecular weight excluding hydrogens is 250 g/mol. The number of hydrogen-bond acceptors (Lipinski definition) is 4. The van der Waals surface area contributed by atoms with Crippen molar-refractivity contribution in [3.05, 3.63) is 24.3 Å². The second-order valence-corrected chi connectivity index (χ2v) is 6.58. The van der Waals surface area contributed by atoms with Gasteiger partial charge in [-0.3, -0.25) is 0 Å². The first-order chi connectivity index (χ1) is 8.63. The third kappa shape index (κ3) is 3.03. The van der Waals surface area contributed by atoms with Crippen molar-refractivity contribution in [1.82, 2.24) is 5.32 Å². The molecular formula is C13H19NO3S. The van der Waals surface area contributed by atoms with Crippen LogP contribution < -0.4 is 10.1 Å². The molecule has 2 rings (SSSR count). The Morgan fingerprint density at radius 1 is 1.39 bits per heavy atom. The molecule has 1 fully saturated rings. The van der Waals surface area contributed by atoms with E-state index in [1.807, 2.05) is 13.0 Å². The van der Waals surface area contributed by atoms with E-state index in [0.29, 0.717) is 17.1 Å². The maximum Gasteiger partial charge on any atom is 0.182 e. The summed E-state index contributed by atoms with van der Waals surface area (Å²) < 4.78 is 30.1. The molecule has 0 amide bonds. The Balaban J connectivity index is 2.24. The van der Waals surface area contributed by atoms with E-state index in [2.05, 4.69) is 5.32 Å². The molecule has 1 N–H and O–H groups in total. The van der Waals surface area contributed by atoms with E-state index < -0.39 is 9.84 Å². The molecule has 100 valence electrons. The standard InChI is InChI=1S/C13H19NO3S/c1-2-9-18(15,16)13-6-4-3-5-12(13)17-11-7-8-14-10-11/h3-6,11,14H,2,7-10H2,1H3. The zero-order valence-electron chi connectivity index (χ0n) is 10.6. The zero-order valence-corrected chi connectivity index (χ0v) is 11.4. The van der Waals surface area contributed by atoms with E-state index in [1.165, 1.54) is 0 Å². The van der Waals surface area contributed by atoms with E-state index in [1.54, 1.807) is 18.2 Å². The first-order valence-corrected chi connectivity index (χ1v) is 7.98. The maximum atomic E-state index is 12.1. The first-order valence-electron chi connectivity index (χ1n) is 6.32. The molecule has 0 aromatic heterocycles. The van der Waals surface area contributed by atoms with Gasteiger partial charge in [0.15, 0.2) is 9.84 Å². The van der Waals surface area contributed by atoms with Crippen molar-refractivity contribution >= 4 is 9.84 Å². The van der Waals surface area contributed by atoms with Gasteiger partial charge in [-0.1, -0.05) is 19.1 Å². The summed E-state index contributed by atoms with van der Waals surface area (Å²) in [6.45, 7) is 3.57. The molecule has 1 unspecified atom stereocenters. The fraction of sp³-hybridized carbons (Fsp3) is 0.538. The molecule has 1 aromatic rings. The van der Waals surface area contributed by atoms with Crippen LogP contribution in [0, 0.1) is 0 Å². The van der Waals surface area contributed by atoms with Crippen LogP contribution in [0.3, 0.4) is 0 Å². The van der Waals surface area contributed by atoms with Crippen molar-refractivity contribution in [3.8, 4) is 5.75 Å². The third-order valence-corrected chi connectivity index (χ3v) is 4.92. The number of para-hydroxylation sites is 1. The van der Waals surface area contributed by atoms with Crippen LogP contribution in [0.5, 0.6) is 5.75 Å². The van der Waals surface area contributed by atoms with E-state index in [4.69, 9.17) is 4.74 Å². The van der Waals surface area contributed by atoms with Crippen LogP contribution in [0.2, 0.25) is 0 Å². The van der Waals surface area contributed by atoms with Crippen molar-refractivity contribution in [3.63, 3.8) is 0 Å². The Bertz CT molecular complexity index is 493. The Labute approximate surface area is 108 Å². The molecule has 1 aromatic carbocycles. The molecule has 18 heavy (non-hydrogen) atoms. The minimum Gasteiger partial charge on any atom is -0.488 e. The molecule has 0 radical (unpaired) electrons. The highest BCUT2D eigenvalue weighted by Gasteiger charge is 2.22. The summed E-state index contributed by atoms with van der Waals surface area (Å²) >= 11 is 0. The van der Waals surface area contributed by atoms with Gasteiger partial charge in [0.1, 0.15) is 16.7 Å². The summed E-state index contributed by atoms with van der Waals surface area (Å²) in [5.74, 6) is 0.649. The normalized spacial score (nSPS) is 19.9. The van der Waals surface area contributed by atoms with Gasteiger partial charge in [-0.2, -0.15) is 0 Å². The molecule has 0 aliphatic carbocycles. The highest BCUT2D eigenvalue weighted by atomic mass is 32.2. The van der Waals surface area contributed by atoms with Crippen LogP contribution in [0.25, 0.3) is 0 Å². The topological polar surface area (TPSA) is 55.4 Å². The van der Waals surface area contributed by atoms with E-state index in [9.17, 15) is 8.42 Å². The fourth-order valence-electron chi connectivity index (χ4n) is 2.09. The first kappa shape index (κ1) is 13.4. The van der Waals surface area contributed by atoms with Gasteiger partial charge in [-0.25, -0.2) is 8.42 Å². The number of ether oxygens (including phenoxy) is 1. The van der Waals surface area contributed by atoms with Crippen molar-refractivity contribution < 1.29 is 13.2 Å². The van der Waals surface area contributed by atoms with Crippen molar-refractivity contribution in [2.45, 2.75) is 30.8 Å². The molecule has 0 spiro atoms. The Hall–Kier alpha value is -1.07. The van der Waals surface area contributed by atoms with E-state index in [-0.39, 0.29) is 11.9 Å². The second-order valence-electron chi connectivity index (χ2n) is 4.50. The summed E-state index contributed by atoms with van der Waals surface area (Å²) in [5, 5.41) is 3.20. The Morgan fingerprint density at radius 3 is 2.83 bits per heavy atom. The fourth-order valence-corrected chi connectivity index (χ4v) is 3.56. The average molecular weight is 269 g/mol. The van der Waals surface area contributed by atoms with Gasteiger partial charge >= 0.3 is 0 Å². The van der Waals surface area contributed by atoms with E-state index >= 15 is 0 Å². The number of sulfone groups is 1. The largest absolute Gasteiger partial charge is 0.488 e. The number of hydrogen-bond donors (Lipinski definition) is 1. The van der Waals surface area contributed by atoms with Gasteiger partial charge in [0.2, 0.25) is 0 Å². The minimum absolute atomic E-state index is 0.0722. The van der Waals surface area contributed by atoms with Gasteiger partial charge < -0.3 is 10.1 Å². The quantitative estimate of drug-likeness (QED) is 0.882. The summed E-state index contributed by atoms with van der Waals surface area (Å²) in [7, 11) is -3.23. The smallest absolute Gasteiger partial charge is 0.182 e. The molecule has 0 saturated carbocycles. The maximum absolute atomic E-state index is 12.1. The molecule has 0 bridgehead atoms. The van der Waals surface area contributed by atoms with Crippen LogP contribution in [0.4, 0.5) is 0 Å². The van der Waals surface area contributed by atoms with Crippen LogP contribution in [0.1, 0.15) is 19.8 Å². The lowest BCUT2D eigenvalue weighted by Crippen LogP contribution is -2.21. The van der Waals surface area contributed by atoms with Crippen LogP contribution in [-0.2, 0) is 9.84 Å². The molecule has 5 heteroatoms. The van der Waals surface area contributed by atoms with Crippen LogP contribution in [-0.4, -0.2) is 33.4 Å². The van der Waals surface area contributed by atoms with Gasteiger partial charge in [-0.15, -0.1) is 0 Å².